The number of rotatable bonds is 3. The van der Waals surface area contributed by atoms with Crippen molar-refractivity contribution in [3.8, 4) is 10.6 Å². The van der Waals surface area contributed by atoms with Crippen molar-refractivity contribution in [2.24, 2.45) is 10.1 Å². The quantitative estimate of drug-likeness (QED) is 0.679. The highest BCUT2D eigenvalue weighted by Crippen LogP contribution is 2.29. The van der Waals surface area contributed by atoms with E-state index in [0.29, 0.717) is 5.71 Å². The van der Waals surface area contributed by atoms with E-state index < -0.39 is 0 Å². The summed E-state index contributed by atoms with van der Waals surface area (Å²) in [4.78, 5) is 21.0. The Bertz CT molecular complexity index is 1060. The van der Waals surface area contributed by atoms with E-state index in [2.05, 4.69) is 11.1 Å². The van der Waals surface area contributed by atoms with Crippen molar-refractivity contribution in [3.05, 3.63) is 57.5 Å². The average Bonchev–Trinajstić information content (AvgIpc) is 3.32. The molecule has 132 valence electrons. The van der Waals surface area contributed by atoms with E-state index in [1.807, 2.05) is 54.9 Å². The standard InChI is InChI=1S/C19H18N4OS2/c1-12(2)20-19-23(15(11-26-19)16-9-6-10-25-16)21-17-13-7-4-5-8-14(13)22(3)18(17)24/h4-12H,1-3H3. The van der Waals surface area contributed by atoms with Gasteiger partial charge in [-0.3, -0.25) is 9.79 Å². The van der Waals surface area contributed by atoms with Crippen LogP contribution in [0.1, 0.15) is 19.4 Å². The van der Waals surface area contributed by atoms with Crippen LogP contribution < -0.4 is 9.70 Å². The van der Waals surface area contributed by atoms with Gasteiger partial charge in [0.1, 0.15) is 0 Å². The van der Waals surface area contributed by atoms with Gasteiger partial charge in [-0.15, -0.1) is 22.7 Å². The summed E-state index contributed by atoms with van der Waals surface area (Å²) in [5.74, 6) is -0.0995. The second kappa shape index (κ2) is 6.66. The van der Waals surface area contributed by atoms with Crippen LogP contribution in [0.3, 0.4) is 0 Å². The van der Waals surface area contributed by atoms with Gasteiger partial charge in [0.15, 0.2) is 5.71 Å². The van der Waals surface area contributed by atoms with E-state index in [0.717, 1.165) is 26.6 Å². The summed E-state index contributed by atoms with van der Waals surface area (Å²) in [6.45, 7) is 4.07. The predicted octanol–water partition coefficient (Wildman–Crippen LogP) is 3.82. The van der Waals surface area contributed by atoms with Crippen LogP contribution >= 0.6 is 22.7 Å². The average molecular weight is 383 g/mol. The Morgan fingerprint density at radius 1 is 1.08 bits per heavy atom. The number of amides is 1. The summed E-state index contributed by atoms with van der Waals surface area (Å²) in [6.07, 6.45) is 0. The van der Waals surface area contributed by atoms with E-state index >= 15 is 0 Å². The van der Waals surface area contributed by atoms with Gasteiger partial charge in [0, 0.05) is 24.0 Å². The van der Waals surface area contributed by atoms with Crippen LogP contribution in [-0.2, 0) is 4.79 Å². The summed E-state index contributed by atoms with van der Waals surface area (Å²) in [6, 6.07) is 11.9. The van der Waals surface area contributed by atoms with E-state index in [1.165, 1.54) is 0 Å². The summed E-state index contributed by atoms with van der Waals surface area (Å²) in [5, 5.41) is 8.85. The molecule has 0 atom stereocenters. The normalized spacial score (nSPS) is 16.2. The van der Waals surface area contributed by atoms with Gasteiger partial charge in [-0.05, 0) is 31.4 Å². The number of fused-ring (bicyclic) bond motifs is 1. The minimum absolute atomic E-state index is 0.0995. The summed E-state index contributed by atoms with van der Waals surface area (Å²) < 4.78 is 1.81. The molecule has 1 aliphatic rings. The third-order valence-electron chi connectivity index (χ3n) is 4.06. The molecule has 0 saturated carbocycles. The van der Waals surface area contributed by atoms with E-state index in [1.54, 1.807) is 39.3 Å². The number of aromatic nitrogens is 1. The fourth-order valence-electron chi connectivity index (χ4n) is 2.85. The number of likely N-dealkylation sites (N-methyl/N-ethyl adjacent to an activating group) is 1. The molecule has 2 aromatic heterocycles. The number of hydrogen-bond acceptors (Lipinski definition) is 5. The number of carbonyl (C=O) groups excluding carboxylic acids is 1. The number of thiophene rings is 1. The monoisotopic (exact) mass is 382 g/mol. The van der Waals surface area contributed by atoms with Crippen molar-refractivity contribution in [3.63, 3.8) is 0 Å². The van der Waals surface area contributed by atoms with Crippen LogP contribution in [0.25, 0.3) is 10.6 Å². The molecule has 0 aliphatic carbocycles. The van der Waals surface area contributed by atoms with Gasteiger partial charge in [0.05, 0.1) is 16.3 Å². The zero-order valence-corrected chi connectivity index (χ0v) is 16.3. The van der Waals surface area contributed by atoms with Crippen molar-refractivity contribution < 1.29 is 4.79 Å². The van der Waals surface area contributed by atoms with Crippen LogP contribution in [0.5, 0.6) is 0 Å². The number of nitrogens with zero attached hydrogens (tertiary/aromatic N) is 4. The lowest BCUT2D eigenvalue weighted by molar-refractivity contribution is -0.112. The van der Waals surface area contributed by atoms with Crippen molar-refractivity contribution in [1.29, 1.82) is 0 Å². The molecule has 0 bridgehead atoms. The molecule has 3 heterocycles. The molecular formula is C19H18N4OS2. The van der Waals surface area contributed by atoms with Gasteiger partial charge in [-0.2, -0.15) is 5.10 Å². The molecule has 26 heavy (non-hydrogen) atoms. The van der Waals surface area contributed by atoms with Crippen molar-refractivity contribution in [2.45, 2.75) is 19.9 Å². The minimum Gasteiger partial charge on any atom is -0.309 e. The molecule has 0 radical (unpaired) electrons. The topological polar surface area (TPSA) is 50.0 Å². The Kier molecular flexibility index (Phi) is 4.34. The first kappa shape index (κ1) is 16.9. The Hall–Kier alpha value is -2.51. The molecule has 0 saturated heterocycles. The fourth-order valence-corrected chi connectivity index (χ4v) is 4.60. The number of anilines is 1. The second-order valence-electron chi connectivity index (χ2n) is 6.25. The lowest BCUT2D eigenvalue weighted by atomic mass is 10.1. The summed E-state index contributed by atoms with van der Waals surface area (Å²) in [5.41, 5.74) is 3.14. The van der Waals surface area contributed by atoms with Gasteiger partial charge in [-0.25, -0.2) is 4.68 Å². The molecule has 1 aliphatic heterocycles. The Morgan fingerprint density at radius 2 is 1.88 bits per heavy atom. The van der Waals surface area contributed by atoms with Crippen LogP contribution in [0.15, 0.2) is 57.3 Å². The molecule has 7 heteroatoms. The van der Waals surface area contributed by atoms with Gasteiger partial charge < -0.3 is 4.90 Å². The third kappa shape index (κ3) is 2.83. The van der Waals surface area contributed by atoms with Gasteiger partial charge >= 0.3 is 0 Å². The van der Waals surface area contributed by atoms with Gasteiger partial charge in [-0.1, -0.05) is 24.3 Å². The molecule has 3 aromatic rings. The number of thiazole rings is 1. The zero-order valence-electron chi connectivity index (χ0n) is 14.7. The molecule has 0 N–H and O–H groups in total. The van der Waals surface area contributed by atoms with E-state index in [4.69, 9.17) is 5.10 Å². The highest BCUT2D eigenvalue weighted by atomic mass is 32.1. The van der Waals surface area contributed by atoms with Gasteiger partial charge in [0.25, 0.3) is 5.91 Å². The van der Waals surface area contributed by atoms with E-state index in [-0.39, 0.29) is 11.9 Å². The fraction of sp³-hybridized carbons (Fsp3) is 0.211. The lowest BCUT2D eigenvalue weighted by Gasteiger charge is -2.07. The second-order valence-corrected chi connectivity index (χ2v) is 8.03. The number of benzene rings is 1. The predicted molar refractivity (Wildman–Crippen MR) is 108 cm³/mol. The summed E-state index contributed by atoms with van der Waals surface area (Å²) >= 11 is 3.19. The van der Waals surface area contributed by atoms with Gasteiger partial charge in [0.2, 0.25) is 4.80 Å². The summed E-state index contributed by atoms with van der Waals surface area (Å²) in [7, 11) is 1.78. The first-order valence-corrected chi connectivity index (χ1v) is 10.1. The molecule has 5 nitrogen and oxygen atoms in total. The van der Waals surface area contributed by atoms with Crippen LogP contribution in [-0.4, -0.2) is 29.4 Å². The highest BCUT2D eigenvalue weighted by Gasteiger charge is 2.31. The Balaban J connectivity index is 1.95. The molecule has 0 spiro atoms. The lowest BCUT2D eigenvalue weighted by Crippen LogP contribution is -2.27. The molecule has 1 amide bonds. The van der Waals surface area contributed by atoms with Crippen molar-refractivity contribution in [1.82, 2.24) is 4.68 Å². The maximum absolute atomic E-state index is 12.8. The smallest absolute Gasteiger partial charge is 0.279 e. The maximum atomic E-state index is 12.8. The molecular weight excluding hydrogens is 364 g/mol. The third-order valence-corrected chi connectivity index (χ3v) is 5.78. The van der Waals surface area contributed by atoms with Crippen LogP contribution in [0.4, 0.5) is 5.69 Å². The molecule has 0 unspecified atom stereocenters. The van der Waals surface area contributed by atoms with Crippen molar-refractivity contribution >= 4 is 40.0 Å². The van der Waals surface area contributed by atoms with Crippen LogP contribution in [0, 0.1) is 0 Å². The number of hydrogen-bond donors (Lipinski definition) is 0. The van der Waals surface area contributed by atoms with E-state index in [9.17, 15) is 4.79 Å². The van der Waals surface area contributed by atoms with Crippen molar-refractivity contribution in [2.75, 3.05) is 11.9 Å². The Morgan fingerprint density at radius 3 is 2.62 bits per heavy atom. The zero-order chi connectivity index (χ0) is 18.3. The largest absolute Gasteiger partial charge is 0.309 e. The molecule has 4 rings (SSSR count). The molecule has 1 aromatic carbocycles. The minimum atomic E-state index is -0.0995. The first-order chi connectivity index (χ1) is 12.6. The number of para-hydroxylation sites is 1. The number of carbonyl (C=O) groups is 1. The highest BCUT2D eigenvalue weighted by molar-refractivity contribution is 7.14. The first-order valence-electron chi connectivity index (χ1n) is 8.31. The Labute approximate surface area is 159 Å². The molecule has 0 fully saturated rings. The van der Waals surface area contributed by atoms with Crippen LogP contribution in [0.2, 0.25) is 0 Å². The SMILES string of the molecule is CC(C)N=c1scc(-c2cccs2)n1N=C1C(=O)N(C)c2ccccc21. The maximum Gasteiger partial charge on any atom is 0.279 e.